The van der Waals surface area contributed by atoms with Crippen molar-refractivity contribution < 1.29 is 4.74 Å². The summed E-state index contributed by atoms with van der Waals surface area (Å²) >= 11 is 0. The molecular weight excluding hydrogens is 415 g/mol. The number of rotatable bonds is 5. The van der Waals surface area contributed by atoms with Crippen molar-refractivity contribution in [3.05, 3.63) is 23.9 Å². The summed E-state index contributed by atoms with van der Waals surface area (Å²) in [6.45, 7) is 0.565. The Balaban J connectivity index is 0.00000208. The highest BCUT2D eigenvalue weighted by Crippen LogP contribution is 2.22. The number of nitrogens with one attached hydrogen (secondary N) is 1. The summed E-state index contributed by atoms with van der Waals surface area (Å²) in [5.41, 5.74) is 7.07. The fraction of sp³-hybridized carbons (Fsp3) is 0.667. The van der Waals surface area contributed by atoms with Crippen LogP contribution in [-0.2, 0) is 6.54 Å². The Morgan fingerprint density at radius 3 is 2.62 bits per heavy atom. The van der Waals surface area contributed by atoms with Crippen LogP contribution in [0.1, 0.15) is 63.4 Å². The smallest absolute Gasteiger partial charge is 0.213 e. The summed E-state index contributed by atoms with van der Waals surface area (Å²) in [6, 6.07) is 4.46. The normalized spacial score (nSPS) is 19.8. The lowest BCUT2D eigenvalue weighted by molar-refractivity contribution is 0.148. The molecule has 0 atom stereocenters. The fourth-order valence-electron chi connectivity index (χ4n) is 3.47. The zero-order valence-electron chi connectivity index (χ0n) is 14.2. The third-order valence-corrected chi connectivity index (χ3v) is 4.78. The number of halogens is 1. The van der Waals surface area contributed by atoms with Crippen molar-refractivity contribution in [3.63, 3.8) is 0 Å². The highest BCUT2D eigenvalue weighted by atomic mass is 127. The zero-order valence-corrected chi connectivity index (χ0v) is 16.6. The largest absolute Gasteiger partial charge is 0.474 e. The minimum absolute atomic E-state index is 0. The Labute approximate surface area is 161 Å². The standard InChI is InChI=1S/C18H28N4O.HI/c19-18(22-15-6-4-5-7-15)21-13-14-10-11-20-17(12-14)23-16-8-2-1-3-9-16;/h10-12,15-16H,1-9,13H2,(H3,19,21,22);1H. The Morgan fingerprint density at radius 1 is 1.17 bits per heavy atom. The Morgan fingerprint density at radius 2 is 1.88 bits per heavy atom. The van der Waals surface area contributed by atoms with Crippen molar-refractivity contribution in [2.45, 2.75) is 76.5 Å². The molecule has 1 aromatic rings. The molecule has 3 rings (SSSR count). The molecule has 0 saturated heterocycles. The molecule has 24 heavy (non-hydrogen) atoms. The minimum Gasteiger partial charge on any atom is -0.474 e. The number of nitrogens with zero attached hydrogens (tertiary/aromatic N) is 2. The van der Waals surface area contributed by atoms with E-state index in [9.17, 15) is 0 Å². The number of nitrogens with two attached hydrogens (primary N) is 1. The fourth-order valence-corrected chi connectivity index (χ4v) is 3.47. The van der Waals surface area contributed by atoms with Crippen molar-refractivity contribution in [2.24, 2.45) is 10.7 Å². The maximum atomic E-state index is 6.00. The molecule has 6 heteroatoms. The number of hydrogen-bond acceptors (Lipinski definition) is 3. The summed E-state index contributed by atoms with van der Waals surface area (Å²) in [4.78, 5) is 8.77. The van der Waals surface area contributed by atoms with Gasteiger partial charge in [-0.3, -0.25) is 0 Å². The van der Waals surface area contributed by atoms with Gasteiger partial charge in [0.1, 0.15) is 6.10 Å². The van der Waals surface area contributed by atoms with Gasteiger partial charge in [0.15, 0.2) is 5.96 Å². The van der Waals surface area contributed by atoms with Crippen molar-refractivity contribution in [1.82, 2.24) is 10.3 Å². The molecular formula is C18H29IN4O. The van der Waals surface area contributed by atoms with Crippen LogP contribution < -0.4 is 15.8 Å². The van der Waals surface area contributed by atoms with Crippen LogP contribution in [0.2, 0.25) is 0 Å². The first-order chi connectivity index (χ1) is 11.3. The average molecular weight is 444 g/mol. The van der Waals surface area contributed by atoms with Crippen LogP contribution in [0.25, 0.3) is 0 Å². The second-order valence-corrected chi connectivity index (χ2v) is 6.71. The number of aromatic nitrogens is 1. The quantitative estimate of drug-likeness (QED) is 0.412. The molecule has 0 aliphatic heterocycles. The first kappa shape index (κ1) is 19.3. The SMILES string of the molecule is I.NC(=NCc1ccnc(OC2CCCCC2)c1)NC1CCCC1. The van der Waals surface area contributed by atoms with Crippen molar-refractivity contribution in [3.8, 4) is 5.88 Å². The molecule has 0 radical (unpaired) electrons. The second kappa shape index (κ2) is 10.1. The van der Waals surface area contributed by atoms with Gasteiger partial charge in [0.2, 0.25) is 5.88 Å². The third kappa shape index (κ3) is 6.11. The third-order valence-electron chi connectivity index (χ3n) is 4.78. The molecule has 2 fully saturated rings. The Bertz CT molecular complexity index is 526. The van der Waals surface area contributed by atoms with Gasteiger partial charge in [-0.15, -0.1) is 24.0 Å². The summed E-state index contributed by atoms with van der Waals surface area (Å²) in [6.07, 6.45) is 13.2. The van der Waals surface area contributed by atoms with Gasteiger partial charge in [0, 0.05) is 18.3 Å². The van der Waals surface area contributed by atoms with Gasteiger partial charge < -0.3 is 15.8 Å². The van der Waals surface area contributed by atoms with Gasteiger partial charge in [0.05, 0.1) is 6.54 Å². The van der Waals surface area contributed by atoms with Gasteiger partial charge in [0.25, 0.3) is 0 Å². The van der Waals surface area contributed by atoms with Gasteiger partial charge >= 0.3 is 0 Å². The molecule has 2 saturated carbocycles. The Kier molecular flexibility index (Phi) is 8.08. The van der Waals surface area contributed by atoms with E-state index in [1.165, 1.54) is 44.9 Å². The van der Waals surface area contributed by atoms with Crippen molar-refractivity contribution in [2.75, 3.05) is 0 Å². The summed E-state index contributed by atoms with van der Waals surface area (Å²) in [5, 5.41) is 3.31. The van der Waals surface area contributed by atoms with Gasteiger partial charge in [-0.2, -0.15) is 0 Å². The highest BCUT2D eigenvalue weighted by molar-refractivity contribution is 14.0. The van der Waals surface area contributed by atoms with E-state index in [4.69, 9.17) is 10.5 Å². The lowest BCUT2D eigenvalue weighted by Gasteiger charge is -2.22. The molecule has 134 valence electrons. The lowest BCUT2D eigenvalue weighted by Crippen LogP contribution is -2.38. The molecule has 0 spiro atoms. The first-order valence-corrected chi connectivity index (χ1v) is 8.97. The van der Waals surface area contributed by atoms with Crippen LogP contribution in [0.5, 0.6) is 5.88 Å². The summed E-state index contributed by atoms with van der Waals surface area (Å²) in [5.74, 6) is 1.26. The van der Waals surface area contributed by atoms with E-state index in [0.29, 0.717) is 30.5 Å². The maximum absolute atomic E-state index is 6.00. The molecule has 0 bridgehead atoms. The van der Waals surface area contributed by atoms with E-state index in [1.54, 1.807) is 6.20 Å². The predicted molar refractivity (Wildman–Crippen MR) is 108 cm³/mol. The number of pyridine rings is 1. The Hall–Kier alpha value is -1.05. The molecule has 1 aromatic heterocycles. The number of hydrogen-bond donors (Lipinski definition) is 2. The van der Waals surface area contributed by atoms with Gasteiger partial charge in [-0.1, -0.05) is 19.3 Å². The molecule has 2 aliphatic carbocycles. The molecule has 3 N–H and O–H groups in total. The second-order valence-electron chi connectivity index (χ2n) is 6.71. The van der Waals surface area contributed by atoms with Crippen LogP contribution in [-0.4, -0.2) is 23.1 Å². The lowest BCUT2D eigenvalue weighted by atomic mass is 9.98. The predicted octanol–water partition coefficient (Wildman–Crippen LogP) is 3.76. The molecule has 0 amide bonds. The summed E-state index contributed by atoms with van der Waals surface area (Å²) < 4.78 is 6.00. The minimum atomic E-state index is 0. The summed E-state index contributed by atoms with van der Waals surface area (Å²) in [7, 11) is 0. The van der Waals surface area contributed by atoms with E-state index < -0.39 is 0 Å². The first-order valence-electron chi connectivity index (χ1n) is 8.97. The maximum Gasteiger partial charge on any atom is 0.213 e. The van der Waals surface area contributed by atoms with Crippen molar-refractivity contribution >= 4 is 29.9 Å². The van der Waals surface area contributed by atoms with E-state index in [-0.39, 0.29) is 24.0 Å². The molecule has 5 nitrogen and oxygen atoms in total. The molecule has 0 unspecified atom stereocenters. The molecule has 0 aromatic carbocycles. The zero-order chi connectivity index (χ0) is 15.9. The number of aliphatic imine (C=N–C) groups is 1. The van der Waals surface area contributed by atoms with E-state index in [2.05, 4.69) is 15.3 Å². The van der Waals surface area contributed by atoms with Crippen LogP contribution in [0.4, 0.5) is 0 Å². The van der Waals surface area contributed by atoms with Crippen LogP contribution in [0.15, 0.2) is 23.3 Å². The van der Waals surface area contributed by atoms with E-state index >= 15 is 0 Å². The number of guanidine groups is 1. The van der Waals surface area contributed by atoms with E-state index in [1.807, 2.05) is 12.1 Å². The molecule has 1 heterocycles. The topological polar surface area (TPSA) is 72.5 Å². The van der Waals surface area contributed by atoms with Gasteiger partial charge in [-0.25, -0.2) is 9.98 Å². The van der Waals surface area contributed by atoms with Crippen LogP contribution >= 0.6 is 24.0 Å². The highest BCUT2D eigenvalue weighted by Gasteiger charge is 2.16. The van der Waals surface area contributed by atoms with Crippen LogP contribution in [0, 0.1) is 0 Å². The van der Waals surface area contributed by atoms with Gasteiger partial charge in [-0.05, 0) is 50.2 Å². The molecule has 2 aliphatic rings. The average Bonchev–Trinajstić information content (AvgIpc) is 3.07. The van der Waals surface area contributed by atoms with Crippen molar-refractivity contribution in [1.29, 1.82) is 0 Å². The van der Waals surface area contributed by atoms with Crippen LogP contribution in [0.3, 0.4) is 0 Å². The van der Waals surface area contributed by atoms with E-state index in [0.717, 1.165) is 18.4 Å². The number of ether oxygens (including phenoxy) is 1. The monoisotopic (exact) mass is 444 g/mol.